The Morgan fingerprint density at radius 3 is 2.22 bits per heavy atom. The molecule has 3 rings (SSSR count). The molecule has 0 radical (unpaired) electrons. The molecule has 0 bridgehead atoms. The van der Waals surface area contributed by atoms with Crippen molar-refractivity contribution < 1.29 is 41.4 Å². The second kappa shape index (κ2) is 11.3. The summed E-state index contributed by atoms with van der Waals surface area (Å²) in [7, 11) is 0. The number of hydrogen-bond acceptors (Lipinski definition) is 6. The summed E-state index contributed by atoms with van der Waals surface area (Å²) in [5, 5.41) is 0. The summed E-state index contributed by atoms with van der Waals surface area (Å²) >= 11 is 3.03. The molecule has 3 aromatic rings. The van der Waals surface area contributed by atoms with Crippen LogP contribution in [0.2, 0.25) is 0 Å². The zero-order valence-corrected chi connectivity index (χ0v) is 20.5. The third kappa shape index (κ3) is 6.39. The average molecular weight is 588 g/mol. The summed E-state index contributed by atoms with van der Waals surface area (Å²) < 4.78 is 72.4. The molecule has 0 spiro atoms. The molecule has 1 aromatic heterocycles. The van der Waals surface area contributed by atoms with E-state index in [9.17, 15) is 23.2 Å². The zero-order chi connectivity index (χ0) is 27.4. The van der Waals surface area contributed by atoms with E-state index < -0.39 is 59.4 Å². The van der Waals surface area contributed by atoms with Crippen LogP contribution >= 0.6 is 15.9 Å². The molecule has 0 aliphatic heterocycles. The Hall–Kier alpha value is -4.07. The van der Waals surface area contributed by atoms with Crippen molar-refractivity contribution in [3.05, 3.63) is 91.3 Å². The number of aromatic nitrogens is 1. The minimum Gasteiger partial charge on any atom is -0.487 e. The van der Waals surface area contributed by atoms with Gasteiger partial charge in [-0.1, -0.05) is 0 Å². The van der Waals surface area contributed by atoms with Crippen molar-refractivity contribution in [1.29, 1.82) is 0 Å². The Kier molecular flexibility index (Phi) is 8.42. The van der Waals surface area contributed by atoms with Crippen LogP contribution in [-0.2, 0) is 16.1 Å². The number of nitrogens with zero attached hydrogens (tertiary/aromatic N) is 1. The van der Waals surface area contributed by atoms with Crippen LogP contribution in [0.4, 0.5) is 27.2 Å². The smallest absolute Gasteiger partial charge is 0.405 e. The predicted octanol–water partition coefficient (Wildman–Crippen LogP) is 4.28. The number of carbonyl (C=O) groups is 2. The minimum absolute atomic E-state index is 0.0101. The Morgan fingerprint density at radius 1 is 1.00 bits per heavy atom. The van der Waals surface area contributed by atoms with Gasteiger partial charge in [-0.25, -0.2) is 27.2 Å². The lowest BCUT2D eigenvalue weighted by Gasteiger charge is -2.19. The normalized spacial score (nSPS) is 11.6. The van der Waals surface area contributed by atoms with Gasteiger partial charge in [0.05, 0.1) is 0 Å². The van der Waals surface area contributed by atoms with Crippen LogP contribution in [0.1, 0.15) is 22.9 Å². The standard InChI is InChI=1S/C23H18BrF4N3O6/c1-10-4-17(35-8-11-2-3-13(25)7-14(11)26)19(24)21(32)31(10)20-15(27)5-12(6-16(20)28)18(37-23(30)34)9-36-22(29)33/h2-7,18H,8-9H2,1H3,(H2,29,33)(H2,30,34). The first-order chi connectivity index (χ1) is 17.4. The molecule has 0 aliphatic rings. The van der Waals surface area contributed by atoms with E-state index in [1.807, 2.05) is 0 Å². The number of halogens is 5. The average Bonchev–Trinajstić information content (AvgIpc) is 2.80. The van der Waals surface area contributed by atoms with Crippen LogP contribution in [0.5, 0.6) is 5.75 Å². The Morgan fingerprint density at radius 2 is 1.65 bits per heavy atom. The van der Waals surface area contributed by atoms with E-state index >= 15 is 8.78 Å². The third-order valence-electron chi connectivity index (χ3n) is 4.97. The van der Waals surface area contributed by atoms with Crippen molar-refractivity contribution in [3.8, 4) is 11.4 Å². The van der Waals surface area contributed by atoms with Gasteiger partial charge in [-0.3, -0.25) is 9.36 Å². The van der Waals surface area contributed by atoms with E-state index in [-0.39, 0.29) is 33.6 Å². The number of hydrogen-bond donors (Lipinski definition) is 2. The van der Waals surface area contributed by atoms with E-state index in [0.717, 1.165) is 18.2 Å². The first-order valence-corrected chi connectivity index (χ1v) is 11.0. The molecule has 4 N–H and O–H groups in total. The van der Waals surface area contributed by atoms with Gasteiger partial charge < -0.3 is 25.7 Å². The third-order valence-corrected chi connectivity index (χ3v) is 5.70. The summed E-state index contributed by atoms with van der Waals surface area (Å²) in [6, 6.07) is 5.68. The number of amides is 2. The highest BCUT2D eigenvalue weighted by Crippen LogP contribution is 2.29. The van der Waals surface area contributed by atoms with E-state index in [0.29, 0.717) is 10.6 Å². The number of rotatable bonds is 8. The fourth-order valence-corrected chi connectivity index (χ4v) is 3.75. The Labute approximate surface area is 214 Å². The van der Waals surface area contributed by atoms with Crippen molar-refractivity contribution in [3.63, 3.8) is 0 Å². The summed E-state index contributed by atoms with van der Waals surface area (Å²) in [6.07, 6.45) is -4.03. The summed E-state index contributed by atoms with van der Waals surface area (Å²) in [5.41, 5.74) is 7.92. The van der Waals surface area contributed by atoms with E-state index in [1.54, 1.807) is 0 Å². The molecule has 37 heavy (non-hydrogen) atoms. The molecule has 0 saturated carbocycles. The fourth-order valence-electron chi connectivity index (χ4n) is 3.34. The first kappa shape index (κ1) is 27.5. The quantitative estimate of drug-likeness (QED) is 0.378. The fraction of sp³-hybridized carbons (Fsp3) is 0.174. The number of benzene rings is 2. The van der Waals surface area contributed by atoms with Crippen molar-refractivity contribution in [2.75, 3.05) is 6.61 Å². The lowest BCUT2D eigenvalue weighted by molar-refractivity contribution is 0.0509. The van der Waals surface area contributed by atoms with Crippen LogP contribution in [-0.4, -0.2) is 23.4 Å². The van der Waals surface area contributed by atoms with E-state index in [2.05, 4.69) is 20.7 Å². The van der Waals surface area contributed by atoms with Crippen molar-refractivity contribution in [1.82, 2.24) is 4.57 Å². The molecule has 2 aromatic carbocycles. The molecule has 1 heterocycles. The topological polar surface area (TPSA) is 136 Å². The summed E-state index contributed by atoms with van der Waals surface area (Å²) in [4.78, 5) is 35.0. The van der Waals surface area contributed by atoms with Gasteiger partial charge in [0, 0.05) is 29.0 Å². The van der Waals surface area contributed by atoms with Gasteiger partial charge in [0.15, 0.2) is 17.7 Å². The maximum absolute atomic E-state index is 15.1. The second-order valence-electron chi connectivity index (χ2n) is 7.52. The van der Waals surface area contributed by atoms with Gasteiger partial charge in [0.2, 0.25) is 0 Å². The van der Waals surface area contributed by atoms with Gasteiger partial charge in [-0.2, -0.15) is 0 Å². The van der Waals surface area contributed by atoms with Crippen LogP contribution in [0.15, 0.2) is 45.7 Å². The molecule has 0 saturated heterocycles. The lowest BCUT2D eigenvalue weighted by Crippen LogP contribution is -2.26. The highest BCUT2D eigenvalue weighted by molar-refractivity contribution is 9.10. The molecule has 9 nitrogen and oxygen atoms in total. The molecular formula is C23H18BrF4N3O6. The number of pyridine rings is 1. The molecule has 0 fully saturated rings. The van der Waals surface area contributed by atoms with Crippen molar-refractivity contribution >= 4 is 28.1 Å². The van der Waals surface area contributed by atoms with E-state index in [4.69, 9.17) is 20.9 Å². The van der Waals surface area contributed by atoms with Gasteiger partial charge >= 0.3 is 12.2 Å². The number of primary amides is 2. The van der Waals surface area contributed by atoms with Gasteiger partial charge in [0.1, 0.15) is 40.8 Å². The maximum atomic E-state index is 15.1. The van der Waals surface area contributed by atoms with Crippen LogP contribution in [0.3, 0.4) is 0 Å². The summed E-state index contributed by atoms with van der Waals surface area (Å²) in [5.74, 6) is -4.15. The molecular weight excluding hydrogens is 570 g/mol. The largest absolute Gasteiger partial charge is 0.487 e. The molecule has 196 valence electrons. The number of ether oxygens (including phenoxy) is 3. The van der Waals surface area contributed by atoms with Crippen molar-refractivity contribution in [2.24, 2.45) is 11.5 Å². The molecule has 0 aliphatic carbocycles. The molecule has 1 unspecified atom stereocenters. The number of nitrogens with two attached hydrogens (primary N) is 2. The van der Waals surface area contributed by atoms with E-state index in [1.165, 1.54) is 19.1 Å². The molecule has 1 atom stereocenters. The van der Waals surface area contributed by atoms with Gasteiger partial charge in [0.25, 0.3) is 5.56 Å². The summed E-state index contributed by atoms with van der Waals surface area (Å²) in [6.45, 7) is 0.326. The maximum Gasteiger partial charge on any atom is 0.405 e. The van der Waals surface area contributed by atoms with Gasteiger partial charge in [-0.15, -0.1) is 0 Å². The zero-order valence-electron chi connectivity index (χ0n) is 18.9. The minimum atomic E-state index is -1.49. The molecule has 2 amide bonds. The number of aryl methyl sites for hydroxylation is 1. The van der Waals surface area contributed by atoms with Gasteiger partial charge in [-0.05, 0) is 47.1 Å². The number of carbonyl (C=O) groups excluding carboxylic acids is 2. The second-order valence-corrected chi connectivity index (χ2v) is 8.31. The van der Waals surface area contributed by atoms with Crippen LogP contribution in [0, 0.1) is 30.2 Å². The predicted molar refractivity (Wildman–Crippen MR) is 124 cm³/mol. The molecule has 14 heteroatoms. The SMILES string of the molecule is Cc1cc(OCc2ccc(F)cc2F)c(Br)c(=O)n1-c1c(F)cc(C(COC(N)=O)OC(N)=O)cc1F. The van der Waals surface area contributed by atoms with Crippen LogP contribution in [0.25, 0.3) is 5.69 Å². The highest BCUT2D eigenvalue weighted by Gasteiger charge is 2.24. The van der Waals surface area contributed by atoms with Crippen molar-refractivity contribution in [2.45, 2.75) is 19.6 Å². The Bertz CT molecular complexity index is 1410. The Balaban J connectivity index is 1.98. The first-order valence-electron chi connectivity index (χ1n) is 10.3. The lowest BCUT2D eigenvalue weighted by atomic mass is 10.1. The van der Waals surface area contributed by atoms with Crippen LogP contribution < -0.4 is 21.8 Å². The highest BCUT2D eigenvalue weighted by atomic mass is 79.9. The monoisotopic (exact) mass is 587 g/mol.